The molecule has 0 aliphatic carbocycles. The minimum Gasteiger partial charge on any atom is -0.378 e. The van der Waals surface area contributed by atoms with Crippen LogP contribution in [-0.2, 0) is 5.41 Å². The van der Waals surface area contributed by atoms with E-state index in [2.05, 4.69) is 68.5 Å². The molecular weight excluding hydrogens is 499 g/mol. The Morgan fingerprint density at radius 1 is 1.11 bits per heavy atom. The maximum atomic E-state index is 12.7. The summed E-state index contributed by atoms with van der Waals surface area (Å²) >= 11 is 8.59. The first-order valence-electron chi connectivity index (χ1n) is 11.5. The van der Waals surface area contributed by atoms with Crippen molar-refractivity contribution in [2.24, 2.45) is 0 Å². The van der Waals surface area contributed by atoms with Crippen LogP contribution in [0.25, 0.3) is 0 Å². The number of piperidine rings is 1. The summed E-state index contributed by atoms with van der Waals surface area (Å²) in [4.78, 5) is 21.6. The van der Waals surface area contributed by atoms with Crippen molar-refractivity contribution < 1.29 is 4.79 Å². The fraction of sp³-hybridized carbons (Fsp3) is 0.458. The number of hydrogen-bond acceptors (Lipinski definition) is 8. The van der Waals surface area contributed by atoms with Crippen LogP contribution in [0.4, 0.5) is 16.5 Å². The van der Waals surface area contributed by atoms with E-state index in [0.29, 0.717) is 16.7 Å². The average Bonchev–Trinajstić information content (AvgIpc) is 3.50. The molecule has 0 bridgehead atoms. The molecule has 3 aromatic rings. The maximum Gasteiger partial charge on any atom is 0.276 e. The van der Waals surface area contributed by atoms with Gasteiger partial charge in [0.05, 0.1) is 5.01 Å². The molecule has 0 spiro atoms. The Hall–Kier alpha value is -2.63. The highest BCUT2D eigenvalue weighted by molar-refractivity contribution is 7.80. The van der Waals surface area contributed by atoms with Gasteiger partial charge in [0.1, 0.15) is 10.7 Å². The molecule has 186 valence electrons. The van der Waals surface area contributed by atoms with Gasteiger partial charge in [-0.15, -0.1) is 21.5 Å². The first-order valence-corrected chi connectivity index (χ1v) is 13.6. The van der Waals surface area contributed by atoms with Crippen LogP contribution >= 0.6 is 34.9 Å². The first kappa shape index (κ1) is 25.5. The van der Waals surface area contributed by atoms with Crippen molar-refractivity contribution in [1.29, 1.82) is 0 Å². The van der Waals surface area contributed by atoms with Crippen LogP contribution in [0.1, 0.15) is 60.0 Å². The Bertz CT molecular complexity index is 1170. The smallest absolute Gasteiger partial charge is 0.276 e. The molecule has 1 amide bonds. The van der Waals surface area contributed by atoms with E-state index >= 15 is 0 Å². The molecular formula is C24H31N7OS3. The summed E-state index contributed by atoms with van der Waals surface area (Å²) < 4.78 is 0. The third kappa shape index (κ3) is 6.33. The number of carbonyl (C=O) groups is 1. The van der Waals surface area contributed by atoms with Gasteiger partial charge in [0.25, 0.3) is 5.91 Å². The molecule has 0 saturated carbocycles. The Labute approximate surface area is 219 Å². The zero-order valence-electron chi connectivity index (χ0n) is 20.7. The van der Waals surface area contributed by atoms with Gasteiger partial charge in [0, 0.05) is 55.3 Å². The zero-order valence-corrected chi connectivity index (χ0v) is 23.1. The van der Waals surface area contributed by atoms with Crippen LogP contribution < -0.4 is 15.5 Å². The van der Waals surface area contributed by atoms with Crippen molar-refractivity contribution in [2.45, 2.75) is 44.9 Å². The molecule has 1 fully saturated rings. The van der Waals surface area contributed by atoms with Crippen LogP contribution in [0.15, 0.2) is 29.6 Å². The molecule has 2 aromatic heterocycles. The lowest BCUT2D eigenvalue weighted by atomic mass is 9.98. The summed E-state index contributed by atoms with van der Waals surface area (Å²) in [7, 11) is 4.05. The minimum absolute atomic E-state index is 0.0994. The van der Waals surface area contributed by atoms with Gasteiger partial charge in [-0.2, -0.15) is 0 Å². The van der Waals surface area contributed by atoms with Gasteiger partial charge < -0.3 is 15.1 Å². The third-order valence-electron chi connectivity index (χ3n) is 5.81. The fourth-order valence-electron chi connectivity index (χ4n) is 3.69. The average molecular weight is 530 g/mol. The summed E-state index contributed by atoms with van der Waals surface area (Å²) in [6, 6.07) is 8.23. The quantitative estimate of drug-likeness (QED) is 0.437. The van der Waals surface area contributed by atoms with E-state index in [9.17, 15) is 4.79 Å². The summed E-state index contributed by atoms with van der Waals surface area (Å²) in [6.07, 6.45) is 1.89. The van der Waals surface area contributed by atoms with Crippen LogP contribution in [-0.4, -0.2) is 58.3 Å². The number of anilines is 3. The van der Waals surface area contributed by atoms with Crippen molar-refractivity contribution in [3.05, 3.63) is 45.4 Å². The van der Waals surface area contributed by atoms with E-state index in [-0.39, 0.29) is 11.3 Å². The molecule has 0 atom stereocenters. The first-order chi connectivity index (χ1) is 16.6. The van der Waals surface area contributed by atoms with E-state index in [0.717, 1.165) is 52.4 Å². The lowest BCUT2D eigenvalue weighted by molar-refractivity contribution is 0.102. The van der Waals surface area contributed by atoms with E-state index in [1.165, 1.54) is 11.3 Å². The summed E-state index contributed by atoms with van der Waals surface area (Å²) in [5.41, 5.74) is 2.47. The number of nitrogens with one attached hydrogen (secondary N) is 2. The minimum atomic E-state index is -0.243. The van der Waals surface area contributed by atoms with E-state index < -0.39 is 0 Å². The zero-order chi connectivity index (χ0) is 25.2. The molecule has 2 N–H and O–H groups in total. The summed E-state index contributed by atoms with van der Waals surface area (Å²) in [6.45, 7) is 7.93. The van der Waals surface area contributed by atoms with Gasteiger partial charge in [-0.05, 0) is 49.3 Å². The van der Waals surface area contributed by atoms with Crippen LogP contribution in [0, 0.1) is 0 Å². The second-order valence-electron chi connectivity index (χ2n) is 9.82. The molecule has 8 nitrogen and oxygen atoms in total. The molecule has 35 heavy (non-hydrogen) atoms. The van der Waals surface area contributed by atoms with Crippen molar-refractivity contribution >= 4 is 62.4 Å². The largest absolute Gasteiger partial charge is 0.378 e. The molecule has 4 rings (SSSR count). The highest BCUT2D eigenvalue weighted by Crippen LogP contribution is 2.32. The van der Waals surface area contributed by atoms with Crippen LogP contribution in [0.3, 0.4) is 0 Å². The van der Waals surface area contributed by atoms with Gasteiger partial charge >= 0.3 is 0 Å². The number of aromatic nitrogens is 3. The number of thiazole rings is 1. The Kier molecular flexibility index (Phi) is 7.67. The van der Waals surface area contributed by atoms with Crippen molar-refractivity contribution in [2.75, 3.05) is 42.7 Å². The number of rotatable bonds is 5. The van der Waals surface area contributed by atoms with Gasteiger partial charge in [-0.25, -0.2) is 4.98 Å². The molecule has 1 saturated heterocycles. The van der Waals surface area contributed by atoms with Gasteiger partial charge in [0.15, 0.2) is 5.11 Å². The fourth-order valence-corrected chi connectivity index (χ4v) is 5.76. The number of amides is 1. The SMILES string of the molecule is CN(C)c1ccc(NC(=S)N2CCC(c3nc(C(=O)Nc4nnc(C(C)(C)C)s4)cs3)CC2)cc1. The standard InChI is InChI=1S/C24H31N7OS3/c1-24(2,3)21-28-29-22(35-21)27-19(32)18-14-34-20(26-18)15-10-12-31(13-11-15)23(33)25-16-6-8-17(9-7-16)30(4)5/h6-9,14-15H,10-13H2,1-5H3,(H,25,33)(H,27,29,32). The topological polar surface area (TPSA) is 86.3 Å². The molecule has 3 heterocycles. The molecule has 0 radical (unpaired) electrons. The van der Waals surface area contributed by atoms with Crippen LogP contribution in [0.5, 0.6) is 0 Å². The number of hydrogen-bond donors (Lipinski definition) is 2. The molecule has 1 aliphatic heterocycles. The van der Waals surface area contributed by atoms with E-state index in [4.69, 9.17) is 12.2 Å². The molecule has 1 aromatic carbocycles. The molecule has 0 unspecified atom stereocenters. The Morgan fingerprint density at radius 2 is 1.80 bits per heavy atom. The van der Waals surface area contributed by atoms with Gasteiger partial charge in [-0.3, -0.25) is 10.1 Å². The second kappa shape index (κ2) is 10.5. The van der Waals surface area contributed by atoms with Crippen molar-refractivity contribution in [3.8, 4) is 0 Å². The number of benzene rings is 1. The highest BCUT2D eigenvalue weighted by atomic mass is 32.1. The lowest BCUT2D eigenvalue weighted by Gasteiger charge is -2.33. The predicted molar refractivity (Wildman–Crippen MR) is 149 cm³/mol. The summed E-state index contributed by atoms with van der Waals surface area (Å²) in [5, 5.41) is 19.4. The molecule has 1 aliphatic rings. The molecule has 11 heteroatoms. The van der Waals surface area contributed by atoms with Gasteiger partial charge in [0.2, 0.25) is 5.13 Å². The Morgan fingerprint density at radius 3 is 2.40 bits per heavy atom. The lowest BCUT2D eigenvalue weighted by Crippen LogP contribution is -2.40. The maximum absolute atomic E-state index is 12.7. The summed E-state index contributed by atoms with van der Waals surface area (Å²) in [5.74, 6) is 0.0844. The number of thiocarbonyl (C=S) groups is 1. The van der Waals surface area contributed by atoms with E-state index in [1.54, 1.807) is 11.3 Å². The van der Waals surface area contributed by atoms with Crippen LogP contribution in [0.2, 0.25) is 0 Å². The second-order valence-corrected chi connectivity index (χ2v) is 12.1. The monoisotopic (exact) mass is 529 g/mol. The number of likely N-dealkylation sites (tertiary alicyclic amines) is 1. The number of nitrogens with zero attached hydrogens (tertiary/aromatic N) is 5. The third-order valence-corrected chi connectivity index (χ3v) is 8.44. The van der Waals surface area contributed by atoms with Crippen molar-refractivity contribution in [1.82, 2.24) is 20.1 Å². The Balaban J connectivity index is 1.29. The van der Waals surface area contributed by atoms with Crippen molar-refractivity contribution in [3.63, 3.8) is 0 Å². The predicted octanol–water partition coefficient (Wildman–Crippen LogP) is 5.19. The number of carbonyl (C=O) groups excluding carboxylic acids is 1. The normalized spacial score (nSPS) is 14.6. The van der Waals surface area contributed by atoms with E-state index in [1.807, 2.05) is 31.6 Å². The highest BCUT2D eigenvalue weighted by Gasteiger charge is 2.26. The van der Waals surface area contributed by atoms with Gasteiger partial charge in [-0.1, -0.05) is 32.1 Å².